The van der Waals surface area contributed by atoms with Crippen LogP contribution in [0, 0.1) is 23.7 Å². The van der Waals surface area contributed by atoms with Gasteiger partial charge in [0.15, 0.2) is 0 Å². The summed E-state index contributed by atoms with van der Waals surface area (Å²) in [4.78, 5) is 16.5. The van der Waals surface area contributed by atoms with Gasteiger partial charge in [0.1, 0.15) is 5.41 Å². The number of aromatic nitrogens is 1. The highest BCUT2D eigenvalue weighted by Crippen LogP contribution is 2.35. The van der Waals surface area contributed by atoms with Crippen molar-refractivity contribution in [3.63, 3.8) is 0 Å². The van der Waals surface area contributed by atoms with Gasteiger partial charge in [-0.3, -0.25) is 9.78 Å². The fourth-order valence-corrected chi connectivity index (χ4v) is 2.58. The summed E-state index contributed by atoms with van der Waals surface area (Å²) in [6, 6.07) is 6.08. The number of pyridine rings is 1. The first kappa shape index (κ1) is 13.5. The highest BCUT2D eigenvalue weighted by atomic mass is 16.2. The zero-order valence-electron chi connectivity index (χ0n) is 11.3. The van der Waals surface area contributed by atoms with Gasteiger partial charge in [-0.05, 0) is 31.4 Å². The third-order valence-corrected chi connectivity index (χ3v) is 3.89. The van der Waals surface area contributed by atoms with Crippen molar-refractivity contribution in [3.05, 3.63) is 29.6 Å². The molecular weight excluding hydrogens is 238 g/mol. The van der Waals surface area contributed by atoms with Crippen LogP contribution in [0.2, 0.25) is 0 Å². The number of rotatable bonds is 3. The van der Waals surface area contributed by atoms with Crippen molar-refractivity contribution in [1.82, 2.24) is 10.3 Å². The average molecular weight is 257 g/mol. The predicted molar refractivity (Wildman–Crippen MR) is 72.0 cm³/mol. The number of hydrogen-bond acceptors (Lipinski definition) is 3. The lowest BCUT2D eigenvalue weighted by Gasteiger charge is -2.29. The van der Waals surface area contributed by atoms with E-state index in [1.807, 2.05) is 19.1 Å². The largest absolute Gasteiger partial charge is 0.349 e. The molecule has 1 N–H and O–H groups in total. The normalized spacial score (nSPS) is 17.5. The van der Waals surface area contributed by atoms with E-state index in [1.165, 1.54) is 0 Å². The number of hydrogen-bond donors (Lipinski definition) is 1. The Bertz CT molecular complexity index is 498. The minimum absolute atomic E-state index is 0.139. The number of nitrogens with zero attached hydrogens (tertiary/aromatic N) is 2. The van der Waals surface area contributed by atoms with Crippen molar-refractivity contribution in [1.29, 1.82) is 5.26 Å². The molecule has 1 aliphatic carbocycles. The molecule has 0 saturated heterocycles. The summed E-state index contributed by atoms with van der Waals surface area (Å²) in [5.41, 5.74) is 1.10. The summed E-state index contributed by atoms with van der Waals surface area (Å²) < 4.78 is 0. The van der Waals surface area contributed by atoms with Gasteiger partial charge in [0, 0.05) is 6.20 Å². The minimum Gasteiger partial charge on any atom is -0.349 e. The number of nitriles is 1. The quantitative estimate of drug-likeness (QED) is 0.904. The predicted octanol–water partition coefficient (Wildman–Crippen LogP) is 2.48. The molecule has 0 aromatic carbocycles. The van der Waals surface area contributed by atoms with Crippen LogP contribution in [0.4, 0.5) is 0 Å². The van der Waals surface area contributed by atoms with Crippen LogP contribution in [0.5, 0.6) is 0 Å². The van der Waals surface area contributed by atoms with Crippen LogP contribution in [-0.2, 0) is 11.3 Å². The summed E-state index contributed by atoms with van der Waals surface area (Å²) in [5, 5.41) is 12.2. The molecule has 0 aliphatic heterocycles. The van der Waals surface area contributed by atoms with E-state index >= 15 is 0 Å². The van der Waals surface area contributed by atoms with Crippen LogP contribution >= 0.6 is 0 Å². The van der Waals surface area contributed by atoms with Gasteiger partial charge in [-0.1, -0.05) is 25.3 Å². The lowest BCUT2D eigenvalue weighted by atomic mass is 9.74. The third-order valence-electron chi connectivity index (χ3n) is 3.89. The summed E-state index contributed by atoms with van der Waals surface area (Å²) >= 11 is 0. The van der Waals surface area contributed by atoms with Crippen LogP contribution in [-0.4, -0.2) is 10.9 Å². The van der Waals surface area contributed by atoms with E-state index in [1.54, 1.807) is 6.20 Å². The number of amides is 1. The van der Waals surface area contributed by atoms with Crippen molar-refractivity contribution < 1.29 is 4.79 Å². The second-order valence-corrected chi connectivity index (χ2v) is 5.20. The van der Waals surface area contributed by atoms with Crippen molar-refractivity contribution in [2.75, 3.05) is 0 Å². The molecule has 1 aromatic rings. The van der Waals surface area contributed by atoms with Gasteiger partial charge >= 0.3 is 0 Å². The Balaban J connectivity index is 2.01. The molecule has 1 aliphatic rings. The average Bonchev–Trinajstić information content (AvgIpc) is 2.46. The van der Waals surface area contributed by atoms with E-state index in [-0.39, 0.29) is 5.91 Å². The second kappa shape index (κ2) is 5.83. The Morgan fingerprint density at radius 1 is 1.47 bits per heavy atom. The summed E-state index contributed by atoms with van der Waals surface area (Å²) in [6.45, 7) is 2.37. The molecule has 2 rings (SSSR count). The number of carbonyl (C=O) groups is 1. The second-order valence-electron chi connectivity index (χ2n) is 5.20. The van der Waals surface area contributed by atoms with Crippen LogP contribution < -0.4 is 5.32 Å². The molecule has 1 fully saturated rings. The summed E-state index contributed by atoms with van der Waals surface area (Å²) in [7, 11) is 0. The molecule has 0 bridgehead atoms. The van der Waals surface area contributed by atoms with Crippen LogP contribution in [0.15, 0.2) is 18.3 Å². The van der Waals surface area contributed by atoms with E-state index in [0.29, 0.717) is 19.4 Å². The molecule has 4 nitrogen and oxygen atoms in total. The number of carbonyl (C=O) groups excluding carboxylic acids is 1. The minimum atomic E-state index is -0.819. The van der Waals surface area contributed by atoms with Crippen molar-refractivity contribution in [2.45, 2.75) is 45.6 Å². The molecule has 1 amide bonds. The van der Waals surface area contributed by atoms with Gasteiger partial charge in [0.05, 0.1) is 18.3 Å². The van der Waals surface area contributed by atoms with Crippen molar-refractivity contribution in [3.8, 4) is 6.07 Å². The molecule has 0 unspecified atom stereocenters. The molecule has 0 radical (unpaired) electrons. The molecule has 0 atom stereocenters. The van der Waals surface area contributed by atoms with Crippen LogP contribution in [0.25, 0.3) is 0 Å². The monoisotopic (exact) mass is 257 g/mol. The van der Waals surface area contributed by atoms with Gasteiger partial charge in [-0.25, -0.2) is 0 Å². The van der Waals surface area contributed by atoms with E-state index < -0.39 is 5.41 Å². The topological polar surface area (TPSA) is 65.8 Å². The lowest BCUT2D eigenvalue weighted by molar-refractivity contribution is -0.129. The van der Waals surface area contributed by atoms with Gasteiger partial charge in [0.25, 0.3) is 0 Å². The van der Waals surface area contributed by atoms with Crippen molar-refractivity contribution >= 4 is 5.91 Å². The SMILES string of the molecule is Cc1cccnc1CNC(=O)C1(C#N)CCCCC1. The third kappa shape index (κ3) is 2.93. The van der Waals surface area contributed by atoms with Gasteiger partial charge in [-0.2, -0.15) is 5.26 Å². The maximum absolute atomic E-state index is 12.3. The van der Waals surface area contributed by atoms with E-state index in [4.69, 9.17) is 0 Å². The summed E-state index contributed by atoms with van der Waals surface area (Å²) in [6.07, 6.45) is 6.12. The molecule has 19 heavy (non-hydrogen) atoms. The summed E-state index contributed by atoms with van der Waals surface area (Å²) in [5.74, 6) is -0.139. The molecular formula is C15H19N3O. The van der Waals surface area contributed by atoms with Crippen molar-refractivity contribution in [2.24, 2.45) is 5.41 Å². The first-order chi connectivity index (χ1) is 9.18. The highest BCUT2D eigenvalue weighted by molar-refractivity contribution is 5.85. The maximum Gasteiger partial charge on any atom is 0.240 e. The smallest absolute Gasteiger partial charge is 0.240 e. The fraction of sp³-hybridized carbons (Fsp3) is 0.533. The molecule has 1 saturated carbocycles. The molecule has 4 heteroatoms. The number of aryl methyl sites for hydroxylation is 1. The molecule has 0 spiro atoms. The zero-order valence-corrected chi connectivity index (χ0v) is 11.3. The molecule has 100 valence electrons. The first-order valence-corrected chi connectivity index (χ1v) is 6.78. The Morgan fingerprint density at radius 2 is 2.21 bits per heavy atom. The number of nitrogens with one attached hydrogen (secondary N) is 1. The maximum atomic E-state index is 12.3. The van der Waals surface area contributed by atoms with Gasteiger partial charge in [-0.15, -0.1) is 0 Å². The highest BCUT2D eigenvalue weighted by Gasteiger charge is 2.39. The Kier molecular flexibility index (Phi) is 4.16. The van der Waals surface area contributed by atoms with E-state index in [2.05, 4.69) is 16.4 Å². The first-order valence-electron chi connectivity index (χ1n) is 6.78. The van der Waals surface area contributed by atoms with E-state index in [0.717, 1.165) is 30.5 Å². The Labute approximate surface area is 113 Å². The van der Waals surface area contributed by atoms with E-state index in [9.17, 15) is 10.1 Å². The Morgan fingerprint density at radius 3 is 2.84 bits per heavy atom. The van der Waals surface area contributed by atoms with Gasteiger partial charge < -0.3 is 5.32 Å². The fourth-order valence-electron chi connectivity index (χ4n) is 2.58. The standard InChI is InChI=1S/C15H19N3O/c1-12-6-5-9-17-13(12)10-18-14(19)15(11-16)7-3-2-4-8-15/h5-6,9H,2-4,7-8,10H2,1H3,(H,18,19). The van der Waals surface area contributed by atoms with Crippen LogP contribution in [0.3, 0.4) is 0 Å². The lowest BCUT2D eigenvalue weighted by Crippen LogP contribution is -2.41. The molecule has 1 aromatic heterocycles. The zero-order chi connectivity index (χ0) is 13.7. The van der Waals surface area contributed by atoms with Gasteiger partial charge in [0.2, 0.25) is 5.91 Å². The van der Waals surface area contributed by atoms with Crippen LogP contribution in [0.1, 0.15) is 43.4 Å². The molecule has 1 heterocycles. The Hall–Kier alpha value is -1.89.